The molecule has 9 rings (SSSR count). The van der Waals surface area contributed by atoms with Crippen LogP contribution in [0.25, 0.3) is 38.5 Å². The Morgan fingerprint density at radius 3 is 1.80 bits per heavy atom. The zero-order valence-corrected chi connectivity index (χ0v) is 35.4. The fraction of sp³-hybridized carbons (Fsp3) is 0.200. The molecule has 3 aliphatic rings. The number of ether oxygens (including phenoxy) is 2. The molecule has 0 unspecified atom stereocenters. The lowest BCUT2D eigenvalue weighted by Gasteiger charge is -2.48. The third kappa shape index (κ3) is 7.05. The Hall–Kier alpha value is -7.28. The first-order valence-corrected chi connectivity index (χ1v) is 21.0. The first-order valence-electron chi connectivity index (χ1n) is 21.0. The number of rotatable bonds is 8. The molecular formula is C55H48N4O2. The van der Waals surface area contributed by atoms with Crippen molar-refractivity contribution in [2.45, 2.75) is 51.4 Å². The third-order valence-corrected chi connectivity index (χ3v) is 12.6. The van der Waals surface area contributed by atoms with Crippen molar-refractivity contribution in [1.29, 1.82) is 5.26 Å². The van der Waals surface area contributed by atoms with E-state index in [0.717, 1.165) is 81.4 Å². The molecule has 6 nitrogen and oxygen atoms in total. The molecule has 0 N–H and O–H groups in total. The maximum Gasteiger partial charge on any atom is 0.269 e. The van der Waals surface area contributed by atoms with Crippen molar-refractivity contribution in [3.8, 4) is 11.8 Å². The van der Waals surface area contributed by atoms with Crippen LogP contribution in [0.3, 0.4) is 0 Å². The molecule has 300 valence electrons. The molecule has 6 aromatic rings. The lowest BCUT2D eigenvalue weighted by atomic mass is 9.68. The largest absolute Gasteiger partial charge is 0.496 e. The predicted molar refractivity (Wildman–Crippen MR) is 251 cm³/mol. The molecular weight excluding hydrogens is 749 g/mol. The Balaban J connectivity index is 1.15. The normalized spacial score (nSPS) is 17.3. The summed E-state index contributed by atoms with van der Waals surface area (Å²) in [6, 6.07) is 42.4. The van der Waals surface area contributed by atoms with Crippen molar-refractivity contribution >= 4 is 56.4 Å². The van der Waals surface area contributed by atoms with E-state index in [1.807, 2.05) is 24.3 Å². The monoisotopic (exact) mass is 796 g/mol. The van der Waals surface area contributed by atoms with Gasteiger partial charge in [-0.25, -0.2) is 10.1 Å². The number of benzene rings is 6. The van der Waals surface area contributed by atoms with Crippen LogP contribution in [-0.2, 0) is 15.6 Å². The van der Waals surface area contributed by atoms with Crippen LogP contribution in [0.15, 0.2) is 162 Å². The SMILES string of the molecule is [C-]#[N+]/C(C#N)=C1C=C(/C=C/c2cc3c4c(c2OC)C(C)(C)CCN4CCC3(C)C)OC(/C=C/c2c3ccccc3c(N(c3ccccc3)c3ccccc3)c3ccccc23)=C\1. The van der Waals surface area contributed by atoms with Gasteiger partial charge in [0.25, 0.3) is 5.70 Å². The van der Waals surface area contributed by atoms with E-state index in [4.69, 9.17) is 16.0 Å². The number of nitrogens with zero attached hydrogens (tertiary/aromatic N) is 4. The van der Waals surface area contributed by atoms with E-state index in [2.05, 4.69) is 164 Å². The van der Waals surface area contributed by atoms with Crippen molar-refractivity contribution in [1.82, 2.24) is 0 Å². The minimum absolute atomic E-state index is 0.00153. The van der Waals surface area contributed by atoms with E-state index in [1.165, 1.54) is 16.8 Å². The topological polar surface area (TPSA) is 53.1 Å². The summed E-state index contributed by atoms with van der Waals surface area (Å²) < 4.78 is 12.8. The van der Waals surface area contributed by atoms with Crippen molar-refractivity contribution < 1.29 is 9.47 Å². The highest BCUT2D eigenvalue weighted by Gasteiger charge is 2.42. The number of fused-ring (bicyclic) bond motifs is 2. The van der Waals surface area contributed by atoms with Crippen LogP contribution in [0.4, 0.5) is 22.7 Å². The number of allylic oxidation sites excluding steroid dienone is 6. The summed E-state index contributed by atoms with van der Waals surface area (Å²) in [6.07, 6.45) is 13.7. The quantitative estimate of drug-likeness (QED) is 0.0872. The van der Waals surface area contributed by atoms with Gasteiger partial charge >= 0.3 is 0 Å². The number of methoxy groups -OCH3 is 1. The molecule has 0 saturated heterocycles. The first kappa shape index (κ1) is 39.2. The minimum atomic E-state index is -0.0638. The molecule has 0 fully saturated rings. The molecule has 61 heavy (non-hydrogen) atoms. The first-order chi connectivity index (χ1) is 29.6. The molecule has 0 atom stereocenters. The highest BCUT2D eigenvalue weighted by Crippen LogP contribution is 2.54. The number of hydrogen-bond acceptors (Lipinski definition) is 5. The van der Waals surface area contributed by atoms with Gasteiger partial charge in [-0.05, 0) is 112 Å². The molecule has 0 radical (unpaired) electrons. The summed E-state index contributed by atoms with van der Waals surface area (Å²) in [6.45, 7) is 19.2. The smallest absolute Gasteiger partial charge is 0.269 e. The maximum absolute atomic E-state index is 10.0. The van der Waals surface area contributed by atoms with Crippen LogP contribution < -0.4 is 14.5 Å². The van der Waals surface area contributed by atoms with Gasteiger partial charge in [-0.1, -0.05) is 119 Å². The average molecular weight is 797 g/mol. The van der Waals surface area contributed by atoms with Crippen LogP contribution in [0, 0.1) is 17.9 Å². The molecule has 0 amide bonds. The summed E-state index contributed by atoms with van der Waals surface area (Å²) in [7, 11) is 1.76. The van der Waals surface area contributed by atoms with E-state index in [1.54, 1.807) is 19.3 Å². The van der Waals surface area contributed by atoms with Crippen molar-refractivity contribution in [3.63, 3.8) is 0 Å². The number of anilines is 4. The maximum atomic E-state index is 10.0. The van der Waals surface area contributed by atoms with Gasteiger partial charge in [0.1, 0.15) is 17.3 Å². The zero-order chi connectivity index (χ0) is 42.3. The van der Waals surface area contributed by atoms with Gasteiger partial charge in [-0.3, -0.25) is 0 Å². The standard InChI is InChI=1S/C55H48N4O2/c1-54(2)29-31-58-32-30-55(3,4)50-52(58)48(54)35-37(53(50)60-6)25-26-41-33-38(49(36-56)57-5)34-42(61-41)27-28-45-43-21-13-15-23-46(43)51(47-24-16-14-22-44(45)47)59(39-17-9-7-10-18-39)40-19-11-8-12-20-40/h7-28,33-35H,29-32H2,1-4,6H3/b26-25+,28-27+,49-38+. The van der Waals surface area contributed by atoms with E-state index in [9.17, 15) is 5.26 Å². The van der Waals surface area contributed by atoms with Gasteiger partial charge in [0.15, 0.2) is 0 Å². The van der Waals surface area contributed by atoms with E-state index in [0.29, 0.717) is 17.1 Å². The molecule has 0 saturated carbocycles. The van der Waals surface area contributed by atoms with Crippen LogP contribution in [0.2, 0.25) is 0 Å². The number of nitriles is 1. The van der Waals surface area contributed by atoms with E-state index >= 15 is 0 Å². The van der Waals surface area contributed by atoms with Gasteiger partial charge in [0.2, 0.25) is 0 Å². The average Bonchev–Trinajstić information content (AvgIpc) is 3.28. The fourth-order valence-electron chi connectivity index (χ4n) is 9.37. The molecule has 0 spiro atoms. The summed E-state index contributed by atoms with van der Waals surface area (Å²) >= 11 is 0. The fourth-order valence-corrected chi connectivity index (χ4v) is 9.37. The highest BCUT2D eigenvalue weighted by molar-refractivity contribution is 6.18. The van der Waals surface area contributed by atoms with Crippen molar-refractivity contribution in [3.05, 3.63) is 196 Å². The Kier molecular flexibility index (Phi) is 10.1. The van der Waals surface area contributed by atoms with Crippen LogP contribution in [-0.4, -0.2) is 20.2 Å². The zero-order valence-electron chi connectivity index (χ0n) is 35.4. The van der Waals surface area contributed by atoms with Gasteiger partial charge in [0, 0.05) is 52.1 Å². The van der Waals surface area contributed by atoms with Gasteiger partial charge in [0.05, 0.1) is 25.4 Å². The predicted octanol–water partition coefficient (Wildman–Crippen LogP) is 13.9. The Morgan fingerprint density at radius 1 is 0.738 bits per heavy atom. The summed E-state index contributed by atoms with van der Waals surface area (Å²) in [5.74, 6) is 1.92. The molecule has 0 aromatic heterocycles. The molecule has 0 bridgehead atoms. The molecule has 3 aliphatic heterocycles. The van der Waals surface area contributed by atoms with Gasteiger partial charge in [-0.15, -0.1) is 0 Å². The van der Waals surface area contributed by atoms with Crippen molar-refractivity contribution in [2.75, 3.05) is 30.0 Å². The molecule has 0 aliphatic carbocycles. The second kappa shape index (κ2) is 15.7. The Morgan fingerprint density at radius 2 is 1.26 bits per heavy atom. The second-order valence-electron chi connectivity index (χ2n) is 17.3. The molecule has 6 heteroatoms. The number of hydrogen-bond donors (Lipinski definition) is 0. The minimum Gasteiger partial charge on any atom is -0.496 e. The lowest BCUT2D eigenvalue weighted by molar-refractivity contribution is 0.332. The van der Waals surface area contributed by atoms with Crippen LogP contribution in [0.5, 0.6) is 5.75 Å². The second-order valence-corrected chi connectivity index (χ2v) is 17.3. The third-order valence-electron chi connectivity index (χ3n) is 12.6. The highest BCUT2D eigenvalue weighted by atomic mass is 16.5. The summed E-state index contributed by atoms with van der Waals surface area (Å²) in [5, 5.41) is 14.4. The van der Waals surface area contributed by atoms with E-state index < -0.39 is 0 Å². The van der Waals surface area contributed by atoms with Crippen LogP contribution in [0.1, 0.15) is 62.8 Å². The lowest BCUT2D eigenvalue weighted by Crippen LogP contribution is -2.45. The number of para-hydroxylation sites is 2. The Bertz CT molecular complexity index is 2840. The summed E-state index contributed by atoms with van der Waals surface area (Å²) in [4.78, 5) is 8.46. The van der Waals surface area contributed by atoms with E-state index in [-0.39, 0.29) is 16.5 Å². The van der Waals surface area contributed by atoms with Gasteiger partial charge < -0.3 is 19.3 Å². The van der Waals surface area contributed by atoms with Crippen LogP contribution >= 0.6 is 0 Å². The van der Waals surface area contributed by atoms with Crippen molar-refractivity contribution in [2.24, 2.45) is 0 Å². The van der Waals surface area contributed by atoms with Gasteiger partial charge in [-0.2, -0.15) is 0 Å². The summed E-state index contributed by atoms with van der Waals surface area (Å²) in [5.41, 5.74) is 9.60. The Labute approximate surface area is 359 Å². The molecule has 3 heterocycles. The molecule has 6 aromatic carbocycles.